The van der Waals surface area contributed by atoms with Gasteiger partial charge in [-0.25, -0.2) is 4.98 Å². The van der Waals surface area contributed by atoms with Gasteiger partial charge in [0.2, 0.25) is 0 Å². The summed E-state index contributed by atoms with van der Waals surface area (Å²) in [5.41, 5.74) is 8.06. The van der Waals surface area contributed by atoms with E-state index in [1.54, 1.807) is 11.3 Å². The van der Waals surface area contributed by atoms with Crippen molar-refractivity contribution in [2.45, 2.75) is 43.6 Å². The van der Waals surface area contributed by atoms with E-state index < -0.39 is 0 Å². The summed E-state index contributed by atoms with van der Waals surface area (Å²) < 4.78 is 0. The van der Waals surface area contributed by atoms with Crippen molar-refractivity contribution in [2.75, 3.05) is 0 Å². The number of hydrogen-bond acceptors (Lipinski definition) is 3. The summed E-state index contributed by atoms with van der Waals surface area (Å²) in [5.74, 6) is 0.464. The second-order valence-corrected chi connectivity index (χ2v) is 6.52. The van der Waals surface area contributed by atoms with Gasteiger partial charge in [0.1, 0.15) is 0 Å². The number of aromatic nitrogens is 1. The van der Waals surface area contributed by atoms with Gasteiger partial charge >= 0.3 is 0 Å². The first-order valence-electron chi connectivity index (χ1n) is 7.00. The van der Waals surface area contributed by atoms with E-state index in [1.165, 1.54) is 29.8 Å². The Morgan fingerprint density at radius 1 is 1.26 bits per heavy atom. The molecule has 2 N–H and O–H groups in total. The number of nitrogens with two attached hydrogens (primary N) is 1. The molecule has 0 saturated heterocycles. The quantitative estimate of drug-likeness (QED) is 0.924. The number of thiazole rings is 1. The first-order valence-corrected chi connectivity index (χ1v) is 7.88. The van der Waals surface area contributed by atoms with Crippen LogP contribution in [0.3, 0.4) is 0 Å². The second kappa shape index (κ2) is 5.43. The second-order valence-electron chi connectivity index (χ2n) is 5.54. The third-order valence-electron chi connectivity index (χ3n) is 4.24. The minimum atomic E-state index is -0.128. The van der Waals surface area contributed by atoms with Crippen LogP contribution in [0.1, 0.15) is 42.2 Å². The van der Waals surface area contributed by atoms with Crippen molar-refractivity contribution in [1.82, 2.24) is 4.98 Å². The molecule has 1 fully saturated rings. The van der Waals surface area contributed by atoms with Crippen molar-refractivity contribution in [2.24, 2.45) is 5.73 Å². The molecule has 2 unspecified atom stereocenters. The molecule has 100 valence electrons. The Hall–Kier alpha value is -1.19. The van der Waals surface area contributed by atoms with Gasteiger partial charge in [-0.2, -0.15) is 0 Å². The Morgan fingerprint density at radius 3 is 2.84 bits per heavy atom. The zero-order chi connectivity index (χ0) is 13.1. The number of nitrogens with zero attached hydrogens (tertiary/aromatic N) is 1. The number of rotatable bonds is 3. The summed E-state index contributed by atoms with van der Waals surface area (Å²) >= 11 is 1.72. The highest BCUT2D eigenvalue weighted by molar-refractivity contribution is 7.09. The molecule has 3 heteroatoms. The van der Waals surface area contributed by atoms with E-state index in [1.807, 2.05) is 11.6 Å². The molecule has 1 aliphatic rings. The van der Waals surface area contributed by atoms with Gasteiger partial charge in [-0.1, -0.05) is 43.2 Å². The zero-order valence-corrected chi connectivity index (χ0v) is 11.9. The monoisotopic (exact) mass is 272 g/mol. The molecule has 19 heavy (non-hydrogen) atoms. The van der Waals surface area contributed by atoms with Crippen molar-refractivity contribution in [3.05, 3.63) is 52.5 Å². The Balaban J connectivity index is 1.88. The summed E-state index contributed by atoms with van der Waals surface area (Å²) in [6.45, 7) is 0. The minimum absolute atomic E-state index is 0.128. The number of hydrogen-bond donors (Lipinski definition) is 1. The first kappa shape index (κ1) is 12.8. The summed E-state index contributed by atoms with van der Waals surface area (Å²) in [6, 6.07) is 10.8. The molecule has 2 atom stereocenters. The average Bonchev–Trinajstić information content (AvgIpc) is 2.92. The van der Waals surface area contributed by atoms with Crippen LogP contribution in [0.5, 0.6) is 0 Å². The van der Waals surface area contributed by atoms with E-state index in [4.69, 9.17) is 5.73 Å². The van der Waals surface area contributed by atoms with Gasteiger partial charge in [-0.3, -0.25) is 0 Å². The SMILES string of the molecule is NC1(Cc2nccs2)CCCCC1c1ccccc1. The van der Waals surface area contributed by atoms with E-state index in [2.05, 4.69) is 35.3 Å². The summed E-state index contributed by atoms with van der Waals surface area (Å²) in [7, 11) is 0. The molecule has 2 nitrogen and oxygen atoms in total. The summed E-state index contributed by atoms with van der Waals surface area (Å²) in [6.07, 6.45) is 7.62. The van der Waals surface area contributed by atoms with Gasteiger partial charge in [0.05, 0.1) is 5.01 Å². The van der Waals surface area contributed by atoms with E-state index >= 15 is 0 Å². The molecule has 0 spiro atoms. The molecule has 0 aliphatic heterocycles. The normalized spacial score (nSPS) is 27.3. The highest BCUT2D eigenvalue weighted by Gasteiger charge is 2.38. The minimum Gasteiger partial charge on any atom is -0.324 e. The molecule has 0 radical (unpaired) electrons. The van der Waals surface area contributed by atoms with E-state index in [9.17, 15) is 0 Å². The van der Waals surface area contributed by atoms with E-state index in [-0.39, 0.29) is 5.54 Å². The molecular weight excluding hydrogens is 252 g/mol. The fourth-order valence-electron chi connectivity index (χ4n) is 3.28. The lowest BCUT2D eigenvalue weighted by Crippen LogP contribution is -2.49. The summed E-state index contributed by atoms with van der Waals surface area (Å²) in [4.78, 5) is 4.42. The Morgan fingerprint density at radius 2 is 2.11 bits per heavy atom. The maximum absolute atomic E-state index is 6.79. The van der Waals surface area contributed by atoms with Crippen molar-refractivity contribution in [1.29, 1.82) is 0 Å². The van der Waals surface area contributed by atoms with Crippen LogP contribution in [0.2, 0.25) is 0 Å². The van der Waals surface area contributed by atoms with Gasteiger partial charge in [-0.15, -0.1) is 11.3 Å². The highest BCUT2D eigenvalue weighted by Crippen LogP contribution is 2.41. The highest BCUT2D eigenvalue weighted by atomic mass is 32.1. The molecule has 0 bridgehead atoms. The van der Waals surface area contributed by atoms with Crippen LogP contribution in [0, 0.1) is 0 Å². The predicted molar refractivity (Wildman–Crippen MR) is 80.4 cm³/mol. The van der Waals surface area contributed by atoms with Crippen molar-refractivity contribution in [3.8, 4) is 0 Å². The van der Waals surface area contributed by atoms with Gasteiger partial charge < -0.3 is 5.73 Å². The third kappa shape index (κ3) is 2.72. The van der Waals surface area contributed by atoms with Crippen LogP contribution in [0.15, 0.2) is 41.9 Å². The van der Waals surface area contributed by atoms with Crippen LogP contribution in [-0.4, -0.2) is 10.5 Å². The van der Waals surface area contributed by atoms with Crippen LogP contribution in [0.25, 0.3) is 0 Å². The topological polar surface area (TPSA) is 38.9 Å². The molecule has 1 heterocycles. The third-order valence-corrected chi connectivity index (χ3v) is 5.02. The lowest BCUT2D eigenvalue weighted by atomic mass is 9.69. The van der Waals surface area contributed by atoms with Gasteiger partial charge in [0.15, 0.2) is 0 Å². The molecule has 2 aromatic rings. The lowest BCUT2D eigenvalue weighted by Gasteiger charge is -2.41. The lowest BCUT2D eigenvalue weighted by molar-refractivity contribution is 0.249. The maximum atomic E-state index is 6.79. The van der Waals surface area contributed by atoms with Crippen LogP contribution >= 0.6 is 11.3 Å². The summed E-state index contributed by atoms with van der Waals surface area (Å²) in [5, 5.41) is 3.21. The van der Waals surface area contributed by atoms with E-state index in [0.29, 0.717) is 5.92 Å². The van der Waals surface area contributed by atoms with Gasteiger partial charge in [0, 0.05) is 29.5 Å². The van der Waals surface area contributed by atoms with Crippen molar-refractivity contribution < 1.29 is 0 Å². The predicted octanol–water partition coefficient (Wildman–Crippen LogP) is 3.74. The van der Waals surface area contributed by atoms with E-state index in [0.717, 1.165) is 12.8 Å². The Kier molecular flexibility index (Phi) is 3.67. The maximum Gasteiger partial charge on any atom is 0.0943 e. The molecule has 1 aromatic carbocycles. The van der Waals surface area contributed by atoms with Crippen LogP contribution in [-0.2, 0) is 6.42 Å². The molecule has 1 aromatic heterocycles. The fourth-order valence-corrected chi connectivity index (χ4v) is 4.03. The Bertz CT molecular complexity index is 509. The largest absolute Gasteiger partial charge is 0.324 e. The Labute approximate surface area is 118 Å². The fraction of sp³-hybridized carbons (Fsp3) is 0.438. The number of benzene rings is 1. The average molecular weight is 272 g/mol. The zero-order valence-electron chi connectivity index (χ0n) is 11.1. The smallest absolute Gasteiger partial charge is 0.0943 e. The molecular formula is C16H20N2S. The van der Waals surface area contributed by atoms with Crippen LogP contribution < -0.4 is 5.73 Å². The molecule has 3 rings (SSSR count). The molecule has 1 saturated carbocycles. The molecule has 0 amide bonds. The van der Waals surface area contributed by atoms with Crippen molar-refractivity contribution >= 4 is 11.3 Å². The van der Waals surface area contributed by atoms with Crippen LogP contribution in [0.4, 0.5) is 0 Å². The van der Waals surface area contributed by atoms with Crippen molar-refractivity contribution in [3.63, 3.8) is 0 Å². The van der Waals surface area contributed by atoms with Gasteiger partial charge in [0.25, 0.3) is 0 Å². The molecule has 1 aliphatic carbocycles. The standard InChI is InChI=1S/C16H20N2S/c17-16(12-15-18-10-11-19-15)9-5-4-8-14(16)13-6-2-1-3-7-13/h1-3,6-7,10-11,14H,4-5,8-9,12,17H2. The van der Waals surface area contributed by atoms with Gasteiger partial charge in [-0.05, 0) is 18.4 Å². The first-order chi connectivity index (χ1) is 9.28.